The maximum atomic E-state index is 12.0. The lowest BCUT2D eigenvalue weighted by Gasteiger charge is -2.18. The summed E-state index contributed by atoms with van der Waals surface area (Å²) in [5.74, 6) is 0.178. The van der Waals surface area contributed by atoms with Crippen molar-refractivity contribution in [1.29, 1.82) is 0 Å². The molecule has 1 aromatic carbocycles. The van der Waals surface area contributed by atoms with E-state index in [-0.39, 0.29) is 24.3 Å². The minimum Gasteiger partial charge on any atom is -0.396 e. The van der Waals surface area contributed by atoms with E-state index in [9.17, 15) is 13.5 Å². The molecular formula is C14H21NO3S. The van der Waals surface area contributed by atoms with Gasteiger partial charge in [0, 0.05) is 12.6 Å². The molecule has 0 aliphatic heterocycles. The van der Waals surface area contributed by atoms with Crippen LogP contribution in [0.25, 0.3) is 0 Å². The van der Waals surface area contributed by atoms with Crippen LogP contribution in [0.1, 0.15) is 24.8 Å². The number of aliphatic hydroxyl groups excluding tert-OH is 1. The van der Waals surface area contributed by atoms with Gasteiger partial charge in [0.25, 0.3) is 0 Å². The van der Waals surface area contributed by atoms with Gasteiger partial charge in [0.05, 0.1) is 5.75 Å². The van der Waals surface area contributed by atoms with Gasteiger partial charge in [-0.05, 0) is 30.7 Å². The van der Waals surface area contributed by atoms with Gasteiger partial charge in [-0.3, -0.25) is 0 Å². The molecule has 19 heavy (non-hydrogen) atoms. The first-order valence-electron chi connectivity index (χ1n) is 6.75. The molecule has 2 unspecified atom stereocenters. The minimum atomic E-state index is -3.27. The Morgan fingerprint density at radius 1 is 1.21 bits per heavy atom. The molecule has 1 aromatic rings. The molecule has 5 heteroatoms. The zero-order valence-corrected chi connectivity index (χ0v) is 11.8. The first-order valence-corrected chi connectivity index (χ1v) is 8.41. The Kier molecular flexibility index (Phi) is 4.96. The monoisotopic (exact) mass is 283 g/mol. The van der Waals surface area contributed by atoms with E-state index in [4.69, 9.17) is 0 Å². The molecule has 1 fully saturated rings. The van der Waals surface area contributed by atoms with E-state index in [2.05, 4.69) is 4.72 Å². The Balaban J connectivity index is 1.88. The van der Waals surface area contributed by atoms with Crippen molar-refractivity contribution in [3.05, 3.63) is 35.9 Å². The number of hydrogen-bond donors (Lipinski definition) is 2. The Morgan fingerprint density at radius 2 is 1.95 bits per heavy atom. The van der Waals surface area contributed by atoms with Crippen LogP contribution in [0.2, 0.25) is 0 Å². The minimum absolute atomic E-state index is 0.0614. The summed E-state index contributed by atoms with van der Waals surface area (Å²) in [6.45, 7) is 0.0614. The third-order valence-electron chi connectivity index (χ3n) is 3.73. The first-order chi connectivity index (χ1) is 9.11. The molecule has 1 saturated carbocycles. The number of nitrogens with one attached hydrogen (secondary N) is 1. The molecule has 1 aliphatic rings. The predicted molar refractivity (Wildman–Crippen MR) is 75.3 cm³/mol. The van der Waals surface area contributed by atoms with E-state index in [0.29, 0.717) is 6.42 Å². The Morgan fingerprint density at radius 3 is 2.63 bits per heavy atom. The Labute approximate surface area is 114 Å². The van der Waals surface area contributed by atoms with Crippen molar-refractivity contribution >= 4 is 10.0 Å². The second kappa shape index (κ2) is 6.50. The lowest BCUT2D eigenvalue weighted by molar-refractivity contribution is 0.213. The fraction of sp³-hybridized carbons (Fsp3) is 0.571. The zero-order valence-electron chi connectivity index (χ0n) is 11.0. The maximum absolute atomic E-state index is 12.0. The Hall–Kier alpha value is -0.910. The van der Waals surface area contributed by atoms with Crippen molar-refractivity contribution in [3.63, 3.8) is 0 Å². The van der Waals surface area contributed by atoms with Gasteiger partial charge in [0.15, 0.2) is 0 Å². The van der Waals surface area contributed by atoms with Gasteiger partial charge >= 0.3 is 0 Å². The van der Waals surface area contributed by atoms with Gasteiger partial charge in [-0.25, -0.2) is 13.1 Å². The highest BCUT2D eigenvalue weighted by Gasteiger charge is 2.29. The average molecular weight is 283 g/mol. The molecule has 0 heterocycles. The maximum Gasteiger partial charge on any atom is 0.212 e. The van der Waals surface area contributed by atoms with Crippen molar-refractivity contribution < 1.29 is 13.5 Å². The van der Waals surface area contributed by atoms with Gasteiger partial charge in [0.1, 0.15) is 0 Å². The van der Waals surface area contributed by atoms with Gasteiger partial charge < -0.3 is 5.11 Å². The van der Waals surface area contributed by atoms with E-state index in [1.807, 2.05) is 30.3 Å². The van der Waals surface area contributed by atoms with Crippen LogP contribution in [0.3, 0.4) is 0 Å². The Bertz CT molecular complexity index is 487. The van der Waals surface area contributed by atoms with Crippen molar-refractivity contribution in [2.45, 2.75) is 31.7 Å². The molecule has 2 atom stereocenters. The van der Waals surface area contributed by atoms with E-state index >= 15 is 0 Å². The number of benzene rings is 1. The quantitative estimate of drug-likeness (QED) is 0.827. The van der Waals surface area contributed by atoms with Crippen LogP contribution >= 0.6 is 0 Å². The topological polar surface area (TPSA) is 66.4 Å². The zero-order chi connectivity index (χ0) is 13.7. The van der Waals surface area contributed by atoms with Crippen LogP contribution in [-0.4, -0.2) is 31.9 Å². The third kappa shape index (κ3) is 4.30. The summed E-state index contributed by atoms with van der Waals surface area (Å²) in [4.78, 5) is 0. The number of sulfonamides is 1. The molecule has 4 nitrogen and oxygen atoms in total. The fourth-order valence-electron chi connectivity index (χ4n) is 2.60. The van der Waals surface area contributed by atoms with Crippen LogP contribution in [0.4, 0.5) is 0 Å². The molecule has 2 rings (SSSR count). The summed E-state index contributed by atoms with van der Waals surface area (Å²) in [6, 6.07) is 9.51. The molecule has 0 amide bonds. The largest absolute Gasteiger partial charge is 0.396 e. The normalized spacial score (nSPS) is 23.6. The van der Waals surface area contributed by atoms with E-state index in [1.54, 1.807) is 0 Å². The summed E-state index contributed by atoms with van der Waals surface area (Å²) in [6.07, 6.45) is 3.24. The number of aliphatic hydroxyl groups is 1. The average Bonchev–Trinajstić information content (AvgIpc) is 2.84. The molecule has 1 aliphatic carbocycles. The van der Waals surface area contributed by atoms with E-state index in [0.717, 1.165) is 24.8 Å². The highest BCUT2D eigenvalue weighted by Crippen LogP contribution is 2.25. The second-order valence-corrected chi connectivity index (χ2v) is 7.03. The lowest BCUT2D eigenvalue weighted by Crippen LogP contribution is -2.40. The van der Waals surface area contributed by atoms with Crippen LogP contribution in [0, 0.1) is 5.92 Å². The molecular weight excluding hydrogens is 262 g/mol. The van der Waals surface area contributed by atoms with Gasteiger partial charge in [-0.1, -0.05) is 36.8 Å². The molecule has 0 bridgehead atoms. The van der Waals surface area contributed by atoms with Gasteiger partial charge in [-0.15, -0.1) is 0 Å². The van der Waals surface area contributed by atoms with E-state index in [1.165, 1.54) is 0 Å². The third-order valence-corrected chi connectivity index (χ3v) is 5.13. The van der Waals surface area contributed by atoms with E-state index < -0.39 is 10.0 Å². The molecule has 0 saturated heterocycles. The number of rotatable bonds is 6. The van der Waals surface area contributed by atoms with Crippen LogP contribution in [-0.2, 0) is 16.4 Å². The summed E-state index contributed by atoms with van der Waals surface area (Å²) in [7, 11) is -3.27. The second-order valence-electron chi connectivity index (χ2n) is 5.15. The highest BCUT2D eigenvalue weighted by atomic mass is 32.2. The van der Waals surface area contributed by atoms with Crippen LogP contribution < -0.4 is 4.72 Å². The predicted octanol–water partition coefficient (Wildman–Crippen LogP) is 1.31. The smallest absolute Gasteiger partial charge is 0.212 e. The molecule has 2 N–H and O–H groups in total. The summed E-state index contributed by atoms with van der Waals surface area (Å²) in [5, 5.41) is 9.21. The molecule has 0 radical (unpaired) electrons. The van der Waals surface area contributed by atoms with Crippen LogP contribution in [0.15, 0.2) is 30.3 Å². The lowest BCUT2D eigenvalue weighted by atomic mass is 10.1. The number of aryl methyl sites for hydroxylation is 1. The van der Waals surface area contributed by atoms with Gasteiger partial charge in [-0.2, -0.15) is 0 Å². The molecule has 106 valence electrons. The summed E-state index contributed by atoms with van der Waals surface area (Å²) in [5.41, 5.74) is 1.03. The first kappa shape index (κ1) is 14.5. The van der Waals surface area contributed by atoms with Crippen molar-refractivity contribution in [3.8, 4) is 0 Å². The SMILES string of the molecule is O=S(=O)(CCc1ccccc1)NC1CCCC1CO. The van der Waals surface area contributed by atoms with Crippen molar-refractivity contribution in [1.82, 2.24) is 4.72 Å². The summed E-state index contributed by atoms with van der Waals surface area (Å²) < 4.78 is 26.8. The fourth-order valence-corrected chi connectivity index (χ4v) is 3.99. The molecule has 0 aromatic heterocycles. The van der Waals surface area contributed by atoms with Gasteiger partial charge in [0.2, 0.25) is 10.0 Å². The van der Waals surface area contributed by atoms with Crippen LogP contribution in [0.5, 0.6) is 0 Å². The standard InChI is InChI=1S/C14H21NO3S/c16-11-13-7-4-8-14(13)15-19(17,18)10-9-12-5-2-1-3-6-12/h1-3,5-6,13-16H,4,7-11H2. The molecule has 0 spiro atoms. The summed E-state index contributed by atoms with van der Waals surface area (Å²) >= 11 is 0. The number of hydrogen-bond acceptors (Lipinski definition) is 3. The van der Waals surface area contributed by atoms with Crippen molar-refractivity contribution in [2.24, 2.45) is 5.92 Å². The highest BCUT2D eigenvalue weighted by molar-refractivity contribution is 7.89. The van der Waals surface area contributed by atoms with Crippen molar-refractivity contribution in [2.75, 3.05) is 12.4 Å².